The minimum absolute atomic E-state index is 0.00597. The van der Waals surface area contributed by atoms with E-state index < -0.39 is 0 Å². The molecular formula is C7H11NO2. The Bertz CT molecular complexity index is 165. The third kappa shape index (κ3) is 1.56. The number of hydrogen-bond acceptors (Lipinski definition) is 2. The van der Waals surface area contributed by atoms with E-state index in [0.717, 1.165) is 12.8 Å². The lowest BCUT2D eigenvalue weighted by molar-refractivity contribution is -0.131. The number of imide groups is 1. The van der Waals surface area contributed by atoms with E-state index >= 15 is 0 Å². The Morgan fingerprint density at radius 2 is 2.20 bits per heavy atom. The average Bonchev–Trinajstić information content (AvgIpc) is 1.96. The van der Waals surface area contributed by atoms with Crippen LogP contribution in [-0.2, 0) is 9.59 Å². The molecule has 0 radical (unpaired) electrons. The monoisotopic (exact) mass is 141 g/mol. The van der Waals surface area contributed by atoms with Crippen molar-refractivity contribution >= 4 is 11.8 Å². The minimum Gasteiger partial charge on any atom is -0.296 e. The highest BCUT2D eigenvalue weighted by atomic mass is 16.2. The van der Waals surface area contributed by atoms with Crippen LogP contribution in [0.1, 0.15) is 26.2 Å². The first-order chi connectivity index (χ1) is 4.70. The predicted molar refractivity (Wildman–Crippen MR) is 36.2 cm³/mol. The summed E-state index contributed by atoms with van der Waals surface area (Å²) in [7, 11) is 0. The molecule has 0 spiro atoms. The van der Waals surface area contributed by atoms with E-state index in [0.29, 0.717) is 6.42 Å². The van der Waals surface area contributed by atoms with Crippen LogP contribution in [0.25, 0.3) is 0 Å². The molecule has 2 amide bonds. The van der Waals surface area contributed by atoms with Gasteiger partial charge in [-0.2, -0.15) is 0 Å². The van der Waals surface area contributed by atoms with Crippen LogP contribution in [0.4, 0.5) is 0 Å². The molecule has 1 saturated heterocycles. The fourth-order valence-corrected chi connectivity index (χ4v) is 1.02. The third-order valence-corrected chi connectivity index (χ3v) is 1.75. The minimum atomic E-state index is -0.130. The first-order valence-electron chi connectivity index (χ1n) is 3.54. The fraction of sp³-hybridized carbons (Fsp3) is 0.714. The second-order valence-electron chi connectivity index (χ2n) is 2.71. The second-order valence-corrected chi connectivity index (χ2v) is 2.71. The van der Waals surface area contributed by atoms with Crippen molar-refractivity contribution in [2.75, 3.05) is 0 Å². The Labute approximate surface area is 59.8 Å². The molecule has 1 atom stereocenters. The molecule has 1 aliphatic rings. The van der Waals surface area contributed by atoms with Gasteiger partial charge in [0.1, 0.15) is 0 Å². The number of amides is 2. The molecule has 0 aromatic carbocycles. The Hall–Kier alpha value is -0.860. The molecule has 1 unspecified atom stereocenters. The van der Waals surface area contributed by atoms with Gasteiger partial charge in [0.2, 0.25) is 11.8 Å². The van der Waals surface area contributed by atoms with Gasteiger partial charge in [0.15, 0.2) is 0 Å². The van der Waals surface area contributed by atoms with Crippen molar-refractivity contribution in [1.29, 1.82) is 0 Å². The molecule has 3 nitrogen and oxygen atoms in total. The van der Waals surface area contributed by atoms with E-state index in [4.69, 9.17) is 0 Å². The summed E-state index contributed by atoms with van der Waals surface area (Å²) in [5, 5.41) is 2.31. The Balaban J connectivity index is 2.57. The van der Waals surface area contributed by atoms with Gasteiger partial charge in [-0.05, 0) is 12.8 Å². The van der Waals surface area contributed by atoms with Crippen LogP contribution in [0.5, 0.6) is 0 Å². The summed E-state index contributed by atoms with van der Waals surface area (Å²) in [6.45, 7) is 1.84. The zero-order valence-electron chi connectivity index (χ0n) is 6.02. The van der Waals surface area contributed by atoms with Gasteiger partial charge in [-0.3, -0.25) is 14.9 Å². The van der Waals surface area contributed by atoms with Crippen LogP contribution < -0.4 is 5.32 Å². The molecule has 3 heteroatoms. The van der Waals surface area contributed by atoms with Gasteiger partial charge in [-0.1, -0.05) is 6.92 Å². The molecule has 0 aromatic heterocycles. The zero-order valence-corrected chi connectivity index (χ0v) is 6.02. The molecule has 0 saturated carbocycles. The van der Waals surface area contributed by atoms with Gasteiger partial charge in [0.05, 0.1) is 0 Å². The average molecular weight is 141 g/mol. The molecule has 1 fully saturated rings. The molecular weight excluding hydrogens is 130 g/mol. The lowest BCUT2D eigenvalue weighted by Gasteiger charge is -2.02. The maximum atomic E-state index is 10.9. The fourth-order valence-electron chi connectivity index (χ4n) is 1.02. The Morgan fingerprint density at radius 3 is 2.90 bits per heavy atom. The van der Waals surface area contributed by atoms with Crippen molar-refractivity contribution in [2.45, 2.75) is 26.2 Å². The standard InChI is InChI=1S/C7H11NO2/c1-5-3-2-4-6(9)8-7(5)10/h5H,2-4H2,1H3,(H,8,9,10). The van der Waals surface area contributed by atoms with E-state index in [1.54, 1.807) is 0 Å². The summed E-state index contributed by atoms with van der Waals surface area (Å²) in [4.78, 5) is 21.6. The summed E-state index contributed by atoms with van der Waals surface area (Å²) in [6, 6.07) is 0. The van der Waals surface area contributed by atoms with E-state index in [1.165, 1.54) is 0 Å². The third-order valence-electron chi connectivity index (χ3n) is 1.75. The maximum absolute atomic E-state index is 10.9. The van der Waals surface area contributed by atoms with Gasteiger partial charge >= 0.3 is 0 Å². The Morgan fingerprint density at radius 1 is 1.50 bits per heavy atom. The largest absolute Gasteiger partial charge is 0.296 e. The summed E-state index contributed by atoms with van der Waals surface area (Å²) in [5.74, 6) is -0.247. The van der Waals surface area contributed by atoms with Gasteiger partial charge < -0.3 is 0 Å². The number of carbonyl (C=O) groups is 2. The summed E-state index contributed by atoms with van der Waals surface area (Å²) in [6.07, 6.45) is 2.16. The van der Waals surface area contributed by atoms with Gasteiger partial charge in [0, 0.05) is 12.3 Å². The first kappa shape index (κ1) is 7.25. The number of carbonyl (C=O) groups excluding carboxylic acids is 2. The van der Waals surface area contributed by atoms with Crippen LogP contribution in [0.2, 0.25) is 0 Å². The second kappa shape index (κ2) is 2.82. The van der Waals surface area contributed by atoms with Crippen LogP contribution in [0.3, 0.4) is 0 Å². The van der Waals surface area contributed by atoms with Gasteiger partial charge in [-0.25, -0.2) is 0 Å². The zero-order chi connectivity index (χ0) is 7.56. The molecule has 0 aliphatic carbocycles. The van der Waals surface area contributed by atoms with Crippen LogP contribution in [0, 0.1) is 5.92 Å². The van der Waals surface area contributed by atoms with E-state index in [-0.39, 0.29) is 17.7 Å². The Kier molecular flexibility index (Phi) is 2.04. The highest BCUT2D eigenvalue weighted by Crippen LogP contribution is 2.11. The van der Waals surface area contributed by atoms with Gasteiger partial charge in [0.25, 0.3) is 0 Å². The highest BCUT2D eigenvalue weighted by Gasteiger charge is 2.19. The molecule has 0 aromatic rings. The maximum Gasteiger partial charge on any atom is 0.229 e. The van der Waals surface area contributed by atoms with E-state index in [1.807, 2.05) is 6.92 Å². The van der Waals surface area contributed by atoms with Crippen molar-refractivity contribution < 1.29 is 9.59 Å². The van der Waals surface area contributed by atoms with Crippen molar-refractivity contribution in [1.82, 2.24) is 5.32 Å². The lowest BCUT2D eigenvalue weighted by atomic mass is 10.1. The van der Waals surface area contributed by atoms with Crippen molar-refractivity contribution in [3.05, 3.63) is 0 Å². The quantitative estimate of drug-likeness (QED) is 0.498. The molecule has 56 valence electrons. The lowest BCUT2D eigenvalue weighted by Crippen LogP contribution is -2.31. The number of nitrogens with one attached hydrogen (secondary N) is 1. The van der Waals surface area contributed by atoms with Crippen LogP contribution in [-0.4, -0.2) is 11.8 Å². The molecule has 1 N–H and O–H groups in total. The highest BCUT2D eigenvalue weighted by molar-refractivity contribution is 5.96. The topological polar surface area (TPSA) is 46.2 Å². The SMILES string of the molecule is CC1CCCC(=O)NC1=O. The molecule has 1 heterocycles. The van der Waals surface area contributed by atoms with Crippen LogP contribution in [0.15, 0.2) is 0 Å². The van der Waals surface area contributed by atoms with E-state index in [2.05, 4.69) is 5.32 Å². The molecule has 1 aliphatic heterocycles. The predicted octanol–water partition coefficient (Wildman–Crippen LogP) is 0.449. The summed E-state index contributed by atoms with van der Waals surface area (Å²) in [5.41, 5.74) is 0. The molecule has 10 heavy (non-hydrogen) atoms. The van der Waals surface area contributed by atoms with Crippen molar-refractivity contribution in [3.63, 3.8) is 0 Å². The molecule has 0 bridgehead atoms. The van der Waals surface area contributed by atoms with Crippen molar-refractivity contribution in [3.8, 4) is 0 Å². The first-order valence-corrected chi connectivity index (χ1v) is 3.54. The van der Waals surface area contributed by atoms with Crippen LogP contribution >= 0.6 is 0 Å². The normalized spacial score (nSPS) is 27.5. The smallest absolute Gasteiger partial charge is 0.229 e. The van der Waals surface area contributed by atoms with Crippen molar-refractivity contribution in [2.24, 2.45) is 5.92 Å². The number of hydrogen-bond donors (Lipinski definition) is 1. The molecule has 1 rings (SSSR count). The summed E-state index contributed by atoms with van der Waals surface area (Å²) < 4.78 is 0. The van der Waals surface area contributed by atoms with E-state index in [9.17, 15) is 9.59 Å². The van der Waals surface area contributed by atoms with Gasteiger partial charge in [-0.15, -0.1) is 0 Å². The number of rotatable bonds is 0. The summed E-state index contributed by atoms with van der Waals surface area (Å²) >= 11 is 0.